The number of carboxylic acid groups (broad SMARTS) is 1. The monoisotopic (exact) mass is 711 g/mol. The smallest absolute Gasteiger partial charge is 0.317 e. The Morgan fingerprint density at radius 2 is 1.75 bits per heavy atom. The lowest BCUT2D eigenvalue weighted by Crippen LogP contribution is -2.31. The van der Waals surface area contributed by atoms with Crippen LogP contribution in [0.2, 0.25) is 0 Å². The molecule has 0 aliphatic carbocycles. The molecule has 1 amide bonds. The van der Waals surface area contributed by atoms with E-state index >= 15 is 0 Å². The van der Waals surface area contributed by atoms with E-state index in [1.807, 2.05) is 50.2 Å². The van der Waals surface area contributed by atoms with Crippen molar-refractivity contribution in [2.75, 3.05) is 30.3 Å². The van der Waals surface area contributed by atoms with Crippen LogP contribution in [-0.4, -0.2) is 77.5 Å². The molecule has 2 aromatic carbocycles. The molecule has 5 N–H and O–H groups in total. The number of aliphatic hydroxyl groups is 1. The fourth-order valence-corrected chi connectivity index (χ4v) is 7.02. The molecule has 2 aliphatic rings. The number of carboxylic acids is 1. The van der Waals surface area contributed by atoms with Crippen molar-refractivity contribution in [3.05, 3.63) is 88.6 Å². The van der Waals surface area contributed by atoms with Crippen molar-refractivity contribution in [3.8, 4) is 11.1 Å². The van der Waals surface area contributed by atoms with Crippen LogP contribution in [-0.2, 0) is 17.9 Å². The van der Waals surface area contributed by atoms with Crippen molar-refractivity contribution in [2.24, 2.45) is 0 Å². The van der Waals surface area contributed by atoms with Gasteiger partial charge in [-0.05, 0) is 85.2 Å². The average molecular weight is 712 g/mol. The topological polar surface area (TPSA) is 170 Å². The number of hydrogen-bond donors (Lipinski definition) is 5. The molecule has 0 spiro atoms. The van der Waals surface area contributed by atoms with Crippen LogP contribution in [0.25, 0.3) is 22.2 Å². The van der Waals surface area contributed by atoms with E-state index in [-0.39, 0.29) is 36.1 Å². The number of alkyl halides is 2. The second kappa shape index (κ2) is 14.7. The summed E-state index contributed by atoms with van der Waals surface area (Å²) in [6, 6.07) is 14.5. The third kappa shape index (κ3) is 7.33. The van der Waals surface area contributed by atoms with Gasteiger partial charge in [0.15, 0.2) is 17.3 Å². The molecular formula is C37H39F2N9O4. The van der Waals surface area contributed by atoms with Crippen molar-refractivity contribution in [1.82, 2.24) is 34.9 Å². The number of carbonyl (C=O) groups is 2. The molecule has 1 fully saturated rings. The van der Waals surface area contributed by atoms with E-state index in [0.717, 1.165) is 52.9 Å². The molecule has 3 aromatic heterocycles. The number of rotatable bonds is 11. The fraction of sp³-hybridized carbons (Fsp3) is 0.351. The van der Waals surface area contributed by atoms with Crippen molar-refractivity contribution >= 4 is 40.1 Å². The van der Waals surface area contributed by atoms with Crippen LogP contribution in [0.5, 0.6) is 0 Å². The quantitative estimate of drug-likeness (QED) is 0.117. The Labute approximate surface area is 298 Å². The maximum atomic E-state index is 14.0. The predicted octanol–water partition coefficient (Wildman–Crippen LogP) is 5.51. The predicted molar refractivity (Wildman–Crippen MR) is 191 cm³/mol. The summed E-state index contributed by atoms with van der Waals surface area (Å²) < 4.78 is 29.8. The van der Waals surface area contributed by atoms with Crippen LogP contribution in [0.4, 0.5) is 26.0 Å². The van der Waals surface area contributed by atoms with Gasteiger partial charge in [-0.25, -0.2) is 18.7 Å². The van der Waals surface area contributed by atoms with E-state index in [4.69, 9.17) is 5.11 Å². The van der Waals surface area contributed by atoms with Crippen molar-refractivity contribution in [2.45, 2.75) is 64.8 Å². The first-order valence-electron chi connectivity index (χ1n) is 17.2. The van der Waals surface area contributed by atoms with Crippen molar-refractivity contribution in [3.63, 3.8) is 0 Å². The molecular weight excluding hydrogens is 672 g/mol. The summed E-state index contributed by atoms with van der Waals surface area (Å²) in [6.45, 7) is 6.09. The van der Waals surface area contributed by atoms with Crippen LogP contribution in [0.1, 0.15) is 70.4 Å². The number of aliphatic carboxylic acids is 1. The van der Waals surface area contributed by atoms with E-state index in [1.54, 1.807) is 23.0 Å². The number of carbonyl (C=O) groups excluding carboxylic acids is 1. The van der Waals surface area contributed by atoms with Crippen LogP contribution in [0, 0.1) is 13.8 Å². The molecule has 0 bridgehead atoms. The first kappa shape index (κ1) is 35.0. The van der Waals surface area contributed by atoms with Gasteiger partial charge >= 0.3 is 5.97 Å². The van der Waals surface area contributed by atoms with Crippen molar-refractivity contribution in [1.29, 1.82) is 0 Å². The highest BCUT2D eigenvalue weighted by atomic mass is 19.3. The lowest BCUT2D eigenvalue weighted by Gasteiger charge is -2.23. The molecule has 52 heavy (non-hydrogen) atoms. The molecule has 2 aliphatic heterocycles. The second-order valence-electron chi connectivity index (χ2n) is 13.3. The number of fused-ring (bicyclic) bond motifs is 2. The lowest BCUT2D eigenvalue weighted by atomic mass is 9.94. The standard InChI is InChI=1S/C37H39F2N9O4/c1-20-24(25-7-4-9-27(21(25)2)44-37(52)30-15-31-28(40-17-32(50)51)10-5-12-48(31)46-30)6-3-8-26(20)42-35-33-29(43-36(45-35)34(38)39)14-22(16-41-33)18-47-13-11-23(49)19-47/h3-4,6-9,14-16,23,28,34,40,49H,5,10-13,17-19H2,1-2H3,(H,44,52)(H,50,51)(H,42,43,45)/t23-,28?/m1/s1. The molecule has 15 heteroatoms. The largest absolute Gasteiger partial charge is 0.480 e. The van der Waals surface area contributed by atoms with Gasteiger partial charge in [-0.15, -0.1) is 0 Å². The highest BCUT2D eigenvalue weighted by Gasteiger charge is 2.26. The zero-order valence-electron chi connectivity index (χ0n) is 28.7. The van der Waals surface area contributed by atoms with Gasteiger partial charge < -0.3 is 20.8 Å². The zero-order valence-corrected chi connectivity index (χ0v) is 28.7. The van der Waals surface area contributed by atoms with Crippen LogP contribution in [0.15, 0.2) is 54.7 Å². The number of amides is 1. The summed E-state index contributed by atoms with van der Waals surface area (Å²) in [7, 11) is 0. The summed E-state index contributed by atoms with van der Waals surface area (Å²) >= 11 is 0. The minimum absolute atomic E-state index is 0.157. The van der Waals surface area contributed by atoms with Gasteiger partial charge in [0.1, 0.15) is 5.52 Å². The van der Waals surface area contributed by atoms with Gasteiger partial charge in [0.2, 0.25) is 0 Å². The Morgan fingerprint density at radius 1 is 1.00 bits per heavy atom. The van der Waals surface area contributed by atoms with Crippen LogP contribution < -0.4 is 16.0 Å². The number of halogens is 2. The number of likely N-dealkylation sites (tertiary alicyclic amines) is 1. The minimum atomic E-state index is -2.89. The first-order chi connectivity index (χ1) is 25.0. The third-order valence-corrected chi connectivity index (χ3v) is 9.68. The molecule has 0 saturated carbocycles. The third-order valence-electron chi connectivity index (χ3n) is 9.68. The number of nitrogens with one attached hydrogen (secondary N) is 3. The highest BCUT2D eigenvalue weighted by molar-refractivity contribution is 6.04. The fourth-order valence-electron chi connectivity index (χ4n) is 7.02. The average Bonchev–Trinajstić information content (AvgIpc) is 3.75. The molecule has 1 saturated heterocycles. The number of β-amino-alcohol motifs (C(OH)–C–C–N with tert-alkyl or cyclic N) is 1. The number of aryl methyl sites for hydroxylation is 1. The molecule has 5 aromatic rings. The number of benzene rings is 2. The van der Waals surface area contributed by atoms with E-state index in [0.29, 0.717) is 48.5 Å². The van der Waals surface area contributed by atoms with Crippen molar-refractivity contribution < 1.29 is 28.6 Å². The number of nitrogens with zero attached hydrogens (tertiary/aromatic N) is 6. The Hall–Kier alpha value is -5.38. The van der Waals surface area contributed by atoms with Gasteiger partial charge in [-0.1, -0.05) is 24.3 Å². The summed E-state index contributed by atoms with van der Waals surface area (Å²) in [5.41, 5.74) is 7.05. The second-order valence-corrected chi connectivity index (χ2v) is 13.3. The zero-order chi connectivity index (χ0) is 36.5. The number of aromatic nitrogens is 5. The van der Waals surface area contributed by atoms with Gasteiger partial charge in [0.25, 0.3) is 12.3 Å². The summed E-state index contributed by atoms with van der Waals surface area (Å²) in [6.07, 6.45) is 0.665. The van der Waals surface area contributed by atoms with Gasteiger partial charge in [0, 0.05) is 49.8 Å². The minimum Gasteiger partial charge on any atom is -0.480 e. The maximum Gasteiger partial charge on any atom is 0.317 e. The molecule has 270 valence electrons. The SMILES string of the molecule is Cc1c(NC(=O)c2cc3n(n2)CCCC3NCC(=O)O)cccc1-c1cccc(Nc2nc(C(F)F)nc3cc(CN4CC[C@@H](O)C4)cnc23)c1C. The normalized spacial score (nSPS) is 17.4. The molecule has 13 nitrogen and oxygen atoms in total. The Balaban J connectivity index is 1.14. The Kier molecular flexibility index (Phi) is 9.90. The maximum absolute atomic E-state index is 14.0. The van der Waals surface area contributed by atoms with E-state index in [9.17, 15) is 23.5 Å². The summed E-state index contributed by atoms with van der Waals surface area (Å²) in [4.78, 5) is 39.5. The number of aliphatic hydroxyl groups excluding tert-OH is 1. The number of anilines is 3. The molecule has 0 radical (unpaired) electrons. The Morgan fingerprint density at radius 3 is 2.46 bits per heavy atom. The molecule has 7 rings (SSSR count). The molecule has 2 atom stereocenters. The molecule has 5 heterocycles. The van der Waals surface area contributed by atoms with Gasteiger partial charge in [-0.3, -0.25) is 29.5 Å². The van der Waals surface area contributed by atoms with Gasteiger partial charge in [0.05, 0.1) is 23.9 Å². The highest BCUT2D eigenvalue weighted by Crippen LogP contribution is 2.36. The van der Waals surface area contributed by atoms with E-state index in [1.165, 1.54) is 0 Å². The van der Waals surface area contributed by atoms with Crippen LogP contribution >= 0.6 is 0 Å². The van der Waals surface area contributed by atoms with E-state index < -0.39 is 18.2 Å². The number of pyridine rings is 1. The van der Waals surface area contributed by atoms with E-state index in [2.05, 4.69) is 40.9 Å². The number of hydrogen-bond acceptors (Lipinski definition) is 10. The van der Waals surface area contributed by atoms with Crippen LogP contribution in [0.3, 0.4) is 0 Å². The summed E-state index contributed by atoms with van der Waals surface area (Å²) in [5.74, 6) is -1.79. The Bertz CT molecular complexity index is 2160. The first-order valence-corrected chi connectivity index (χ1v) is 17.2. The molecule has 1 unspecified atom stereocenters. The van der Waals surface area contributed by atoms with Gasteiger partial charge in [-0.2, -0.15) is 5.10 Å². The lowest BCUT2D eigenvalue weighted by molar-refractivity contribution is -0.136. The summed E-state index contributed by atoms with van der Waals surface area (Å²) in [5, 5.41) is 32.8.